The second-order valence-electron chi connectivity index (χ2n) is 6.85. The Morgan fingerprint density at radius 3 is 2.83 bits per heavy atom. The highest BCUT2D eigenvalue weighted by Gasteiger charge is 2.32. The molecule has 0 aromatic carbocycles. The van der Waals surface area contributed by atoms with Crippen LogP contribution in [0.1, 0.15) is 25.0 Å². The molecule has 2 fully saturated rings. The fraction of sp³-hybridized carbons (Fsp3) is 0.706. The van der Waals surface area contributed by atoms with Gasteiger partial charge in [0.1, 0.15) is 5.76 Å². The average Bonchev–Trinajstić information content (AvgIpc) is 3.17. The summed E-state index contributed by atoms with van der Waals surface area (Å²) >= 11 is 0. The molecular formula is C17H27N3O3. The maximum atomic E-state index is 12.5. The Bertz CT molecular complexity index is 497. The number of nitrogens with zero attached hydrogens (tertiary/aromatic N) is 2. The Hall–Kier alpha value is -1.37. The number of aliphatic hydroxyl groups excluding tert-OH is 1. The molecule has 6 nitrogen and oxygen atoms in total. The van der Waals surface area contributed by atoms with Gasteiger partial charge in [-0.2, -0.15) is 0 Å². The van der Waals surface area contributed by atoms with Crippen molar-refractivity contribution >= 4 is 5.91 Å². The second-order valence-corrected chi connectivity index (χ2v) is 6.85. The smallest absolute Gasteiger partial charge is 0.223 e. The van der Waals surface area contributed by atoms with Crippen LogP contribution in [0.25, 0.3) is 0 Å². The number of hydrogen-bond acceptors (Lipinski definition) is 5. The molecule has 3 rings (SSSR count). The van der Waals surface area contributed by atoms with Gasteiger partial charge >= 0.3 is 0 Å². The van der Waals surface area contributed by atoms with Crippen molar-refractivity contribution in [1.29, 1.82) is 0 Å². The summed E-state index contributed by atoms with van der Waals surface area (Å²) in [6.45, 7) is 3.68. The quantitative estimate of drug-likeness (QED) is 0.834. The summed E-state index contributed by atoms with van der Waals surface area (Å²) in [7, 11) is 2.00. The van der Waals surface area contributed by atoms with Gasteiger partial charge in [-0.05, 0) is 51.5 Å². The van der Waals surface area contributed by atoms with Crippen molar-refractivity contribution in [3.05, 3.63) is 24.2 Å². The lowest BCUT2D eigenvalue weighted by Crippen LogP contribution is -2.44. The van der Waals surface area contributed by atoms with E-state index >= 15 is 0 Å². The zero-order valence-electron chi connectivity index (χ0n) is 13.8. The fourth-order valence-corrected chi connectivity index (χ4v) is 3.69. The minimum absolute atomic E-state index is 0.112. The molecular weight excluding hydrogens is 294 g/mol. The van der Waals surface area contributed by atoms with Crippen molar-refractivity contribution in [2.45, 2.75) is 37.9 Å². The summed E-state index contributed by atoms with van der Waals surface area (Å²) in [6.07, 6.45) is 4.35. The largest absolute Gasteiger partial charge is 0.468 e. The number of likely N-dealkylation sites (tertiary alicyclic amines) is 2. The predicted octanol–water partition coefficient (Wildman–Crippen LogP) is 0.673. The first-order valence-corrected chi connectivity index (χ1v) is 8.52. The highest BCUT2D eigenvalue weighted by atomic mass is 16.3. The summed E-state index contributed by atoms with van der Waals surface area (Å²) in [4.78, 5) is 16.9. The summed E-state index contributed by atoms with van der Waals surface area (Å²) < 4.78 is 5.38. The highest BCUT2D eigenvalue weighted by molar-refractivity contribution is 5.79. The van der Waals surface area contributed by atoms with Crippen molar-refractivity contribution < 1.29 is 14.3 Å². The maximum Gasteiger partial charge on any atom is 0.223 e. The van der Waals surface area contributed by atoms with Gasteiger partial charge in [-0.1, -0.05) is 0 Å². The summed E-state index contributed by atoms with van der Waals surface area (Å²) in [6, 6.07) is 4.25. The Morgan fingerprint density at radius 2 is 2.22 bits per heavy atom. The first-order valence-electron chi connectivity index (χ1n) is 8.52. The lowest BCUT2D eigenvalue weighted by molar-refractivity contribution is -0.127. The van der Waals surface area contributed by atoms with Crippen molar-refractivity contribution in [1.82, 2.24) is 15.1 Å². The van der Waals surface area contributed by atoms with Crippen LogP contribution in [0, 0.1) is 5.92 Å². The van der Waals surface area contributed by atoms with E-state index in [1.54, 1.807) is 6.26 Å². The Kier molecular flexibility index (Phi) is 5.35. The zero-order chi connectivity index (χ0) is 16.2. The Balaban J connectivity index is 1.42. The molecule has 0 spiro atoms. The third-order valence-corrected chi connectivity index (χ3v) is 5.16. The molecule has 2 atom stereocenters. The van der Waals surface area contributed by atoms with Crippen LogP contribution >= 0.6 is 0 Å². The molecule has 0 saturated carbocycles. The SMILES string of the molecule is CN1C[C@H](NC(=O)C2CCN(Cc3ccco3)CC2)C[C@H]1CO. The van der Waals surface area contributed by atoms with E-state index in [1.807, 2.05) is 19.2 Å². The number of likely N-dealkylation sites (N-methyl/N-ethyl adjacent to an activating group) is 1. The molecule has 0 radical (unpaired) electrons. The number of rotatable bonds is 5. The van der Waals surface area contributed by atoms with Gasteiger partial charge < -0.3 is 14.8 Å². The second kappa shape index (κ2) is 7.47. The number of aliphatic hydroxyl groups is 1. The number of hydrogen-bond donors (Lipinski definition) is 2. The maximum absolute atomic E-state index is 12.5. The molecule has 1 amide bonds. The van der Waals surface area contributed by atoms with Crippen LogP contribution in [-0.2, 0) is 11.3 Å². The molecule has 1 aromatic rings. The number of piperidine rings is 1. The number of carbonyl (C=O) groups excluding carboxylic acids is 1. The van der Waals surface area contributed by atoms with Crippen molar-refractivity contribution in [2.24, 2.45) is 5.92 Å². The Morgan fingerprint density at radius 1 is 1.43 bits per heavy atom. The van der Waals surface area contributed by atoms with Gasteiger partial charge in [0.2, 0.25) is 5.91 Å². The van der Waals surface area contributed by atoms with Gasteiger partial charge in [-0.25, -0.2) is 0 Å². The predicted molar refractivity (Wildman–Crippen MR) is 86.8 cm³/mol. The van der Waals surface area contributed by atoms with E-state index in [-0.39, 0.29) is 30.5 Å². The third-order valence-electron chi connectivity index (χ3n) is 5.16. The van der Waals surface area contributed by atoms with E-state index in [0.29, 0.717) is 0 Å². The van der Waals surface area contributed by atoms with Gasteiger partial charge in [-0.15, -0.1) is 0 Å². The molecule has 2 aliphatic heterocycles. The van der Waals surface area contributed by atoms with E-state index in [9.17, 15) is 9.90 Å². The Labute approximate surface area is 137 Å². The molecule has 128 valence electrons. The molecule has 0 bridgehead atoms. The normalized spacial score (nSPS) is 27.4. The topological polar surface area (TPSA) is 69.0 Å². The molecule has 6 heteroatoms. The number of amides is 1. The van der Waals surface area contributed by atoms with Crippen LogP contribution in [0.4, 0.5) is 0 Å². The summed E-state index contributed by atoms with van der Waals surface area (Å²) in [5.41, 5.74) is 0. The minimum atomic E-state index is 0.112. The van der Waals surface area contributed by atoms with Crippen LogP contribution in [0.5, 0.6) is 0 Å². The number of furan rings is 1. The highest BCUT2D eigenvalue weighted by Crippen LogP contribution is 2.21. The van der Waals surface area contributed by atoms with E-state index < -0.39 is 0 Å². The third kappa shape index (κ3) is 4.13. The van der Waals surface area contributed by atoms with Gasteiger partial charge in [-0.3, -0.25) is 14.6 Å². The van der Waals surface area contributed by atoms with Gasteiger partial charge in [0.05, 0.1) is 19.4 Å². The van der Waals surface area contributed by atoms with Gasteiger partial charge in [0.15, 0.2) is 0 Å². The standard InChI is InChI=1S/C17H27N3O3/c1-19-10-14(9-15(19)12-21)18-17(22)13-4-6-20(7-5-13)11-16-3-2-8-23-16/h2-3,8,13-15,21H,4-7,9-12H2,1H3,(H,18,22)/t14-,15+/m1/s1. The lowest BCUT2D eigenvalue weighted by atomic mass is 9.95. The zero-order valence-corrected chi connectivity index (χ0v) is 13.8. The number of carbonyl (C=O) groups is 1. The van der Waals surface area contributed by atoms with E-state index in [2.05, 4.69) is 15.1 Å². The van der Waals surface area contributed by atoms with Crippen LogP contribution < -0.4 is 5.32 Å². The van der Waals surface area contributed by atoms with E-state index in [4.69, 9.17) is 4.42 Å². The lowest BCUT2D eigenvalue weighted by Gasteiger charge is -2.31. The van der Waals surface area contributed by atoms with Crippen LogP contribution in [0.2, 0.25) is 0 Å². The monoisotopic (exact) mass is 321 g/mol. The molecule has 0 aliphatic carbocycles. The molecule has 2 N–H and O–H groups in total. The molecule has 1 aromatic heterocycles. The van der Waals surface area contributed by atoms with Crippen LogP contribution in [0.3, 0.4) is 0 Å². The summed E-state index contributed by atoms with van der Waals surface area (Å²) in [5, 5.41) is 12.5. The first kappa shape index (κ1) is 16.5. The molecule has 2 aliphatic rings. The van der Waals surface area contributed by atoms with E-state index in [1.165, 1.54) is 0 Å². The van der Waals surface area contributed by atoms with Gasteiger partial charge in [0, 0.05) is 24.5 Å². The minimum Gasteiger partial charge on any atom is -0.468 e. The average molecular weight is 321 g/mol. The van der Waals surface area contributed by atoms with Crippen molar-refractivity contribution in [2.75, 3.05) is 33.3 Å². The van der Waals surface area contributed by atoms with E-state index in [0.717, 1.165) is 51.2 Å². The fourth-order valence-electron chi connectivity index (χ4n) is 3.69. The van der Waals surface area contributed by atoms with Gasteiger partial charge in [0.25, 0.3) is 0 Å². The molecule has 2 saturated heterocycles. The van der Waals surface area contributed by atoms with Crippen LogP contribution in [-0.4, -0.2) is 66.2 Å². The first-order chi connectivity index (χ1) is 11.2. The van der Waals surface area contributed by atoms with Crippen molar-refractivity contribution in [3.63, 3.8) is 0 Å². The molecule has 3 heterocycles. The van der Waals surface area contributed by atoms with Crippen LogP contribution in [0.15, 0.2) is 22.8 Å². The van der Waals surface area contributed by atoms with Crippen molar-refractivity contribution in [3.8, 4) is 0 Å². The number of nitrogens with one attached hydrogen (secondary N) is 1. The summed E-state index contributed by atoms with van der Waals surface area (Å²) in [5.74, 6) is 1.28. The molecule has 0 unspecified atom stereocenters. The molecule has 23 heavy (non-hydrogen) atoms.